The van der Waals surface area contributed by atoms with Gasteiger partial charge in [0.25, 0.3) is 0 Å². The monoisotopic (exact) mass is 428 g/mol. The van der Waals surface area contributed by atoms with Crippen LogP contribution in [0.25, 0.3) is 0 Å². The van der Waals surface area contributed by atoms with Gasteiger partial charge in [0, 0.05) is 10.6 Å². The van der Waals surface area contributed by atoms with Crippen molar-refractivity contribution in [2.45, 2.75) is 39.0 Å². The van der Waals surface area contributed by atoms with Crippen molar-refractivity contribution in [2.75, 3.05) is 17.2 Å². The van der Waals surface area contributed by atoms with Gasteiger partial charge in [0.2, 0.25) is 0 Å². The Balaban J connectivity index is 1.72. The Bertz CT molecular complexity index is 894. The van der Waals surface area contributed by atoms with E-state index in [1.54, 1.807) is 6.92 Å². The van der Waals surface area contributed by atoms with Crippen LogP contribution >= 0.6 is 11.3 Å². The van der Waals surface area contributed by atoms with E-state index in [2.05, 4.69) is 15.4 Å². The molecule has 6 nitrogen and oxygen atoms in total. The molecule has 0 unspecified atom stereocenters. The average molecular weight is 428 g/mol. The van der Waals surface area contributed by atoms with Crippen molar-refractivity contribution in [3.8, 4) is 5.75 Å². The summed E-state index contributed by atoms with van der Waals surface area (Å²) in [5.41, 5.74) is 1.58. The third kappa shape index (κ3) is 5.41. The maximum atomic E-state index is 12.4. The van der Waals surface area contributed by atoms with Crippen LogP contribution in [0.15, 0.2) is 24.3 Å². The minimum Gasteiger partial charge on any atom is -0.462 e. The number of halogens is 3. The quantitative estimate of drug-likeness (QED) is 0.630. The number of fused-ring (bicyclic) bond motifs is 1. The second kappa shape index (κ2) is 8.73. The van der Waals surface area contributed by atoms with E-state index in [4.69, 9.17) is 4.74 Å². The zero-order valence-corrected chi connectivity index (χ0v) is 16.3. The molecule has 1 aliphatic carbocycles. The number of carbonyl (C=O) groups is 2. The number of thiophene rings is 1. The largest absolute Gasteiger partial charge is 0.573 e. The Labute approximate surface area is 169 Å². The summed E-state index contributed by atoms with van der Waals surface area (Å²) < 4.78 is 45.6. The number of nitrogens with one attached hydrogen (secondary N) is 2. The molecule has 2 amide bonds. The third-order valence-corrected chi connectivity index (χ3v) is 5.43. The molecule has 0 saturated carbocycles. The maximum Gasteiger partial charge on any atom is 0.573 e. The second-order valence-electron chi connectivity index (χ2n) is 6.29. The van der Waals surface area contributed by atoms with Crippen LogP contribution in [0.4, 0.5) is 28.7 Å². The number of amides is 2. The zero-order valence-electron chi connectivity index (χ0n) is 15.5. The minimum atomic E-state index is -4.78. The lowest BCUT2D eigenvalue weighted by molar-refractivity contribution is -0.274. The highest BCUT2D eigenvalue weighted by Crippen LogP contribution is 2.38. The Morgan fingerprint density at radius 2 is 1.79 bits per heavy atom. The van der Waals surface area contributed by atoms with Crippen LogP contribution in [0.1, 0.15) is 40.6 Å². The van der Waals surface area contributed by atoms with E-state index in [0.717, 1.165) is 48.3 Å². The summed E-state index contributed by atoms with van der Waals surface area (Å²) in [6, 6.07) is 4.14. The van der Waals surface area contributed by atoms with Crippen molar-refractivity contribution in [1.29, 1.82) is 0 Å². The van der Waals surface area contributed by atoms with E-state index in [1.165, 1.54) is 23.5 Å². The smallest absolute Gasteiger partial charge is 0.462 e. The molecule has 1 aromatic carbocycles. The van der Waals surface area contributed by atoms with Gasteiger partial charge < -0.3 is 14.8 Å². The van der Waals surface area contributed by atoms with E-state index >= 15 is 0 Å². The average Bonchev–Trinajstić information content (AvgIpc) is 3.00. The molecular weight excluding hydrogens is 409 g/mol. The number of benzene rings is 1. The van der Waals surface area contributed by atoms with E-state index in [-0.39, 0.29) is 18.0 Å². The van der Waals surface area contributed by atoms with E-state index < -0.39 is 18.4 Å². The Morgan fingerprint density at radius 1 is 1.10 bits per heavy atom. The van der Waals surface area contributed by atoms with Crippen molar-refractivity contribution < 1.29 is 32.2 Å². The minimum absolute atomic E-state index is 0.224. The molecule has 3 rings (SSSR count). The number of anilines is 2. The van der Waals surface area contributed by atoms with Crippen LogP contribution < -0.4 is 15.4 Å². The number of hydrogen-bond acceptors (Lipinski definition) is 5. The number of ether oxygens (including phenoxy) is 2. The molecule has 1 aromatic heterocycles. The summed E-state index contributed by atoms with van der Waals surface area (Å²) in [4.78, 5) is 25.8. The predicted molar refractivity (Wildman–Crippen MR) is 103 cm³/mol. The van der Waals surface area contributed by atoms with Crippen LogP contribution in [-0.2, 0) is 17.6 Å². The van der Waals surface area contributed by atoms with Gasteiger partial charge in [-0.1, -0.05) is 0 Å². The molecule has 0 saturated heterocycles. The highest BCUT2D eigenvalue weighted by molar-refractivity contribution is 7.17. The van der Waals surface area contributed by atoms with Crippen molar-refractivity contribution in [2.24, 2.45) is 0 Å². The number of rotatable bonds is 5. The van der Waals surface area contributed by atoms with Gasteiger partial charge in [0.05, 0.1) is 12.2 Å². The van der Waals surface area contributed by atoms with Crippen molar-refractivity contribution in [1.82, 2.24) is 0 Å². The molecule has 2 aromatic rings. The molecule has 0 bridgehead atoms. The Morgan fingerprint density at radius 3 is 2.45 bits per heavy atom. The molecular formula is C19H19F3N2O4S. The SMILES string of the molecule is CCOC(=O)c1c(NC(=O)Nc2ccc(OC(F)(F)F)cc2)sc2c1CCCC2. The number of alkyl halides is 3. The summed E-state index contributed by atoms with van der Waals surface area (Å²) in [5.74, 6) is -0.866. The molecule has 156 valence electrons. The lowest BCUT2D eigenvalue weighted by atomic mass is 9.95. The van der Waals surface area contributed by atoms with Gasteiger partial charge in [0.15, 0.2) is 0 Å². The number of aryl methyl sites for hydroxylation is 1. The summed E-state index contributed by atoms with van der Waals surface area (Å²) in [7, 11) is 0. The molecule has 1 aliphatic rings. The predicted octanol–water partition coefficient (Wildman–Crippen LogP) is 5.35. The van der Waals surface area contributed by atoms with Crippen LogP contribution in [0.2, 0.25) is 0 Å². The molecule has 10 heteroatoms. The summed E-state index contributed by atoms with van der Waals surface area (Å²) in [6.45, 7) is 1.93. The fourth-order valence-corrected chi connectivity index (χ4v) is 4.35. The molecule has 0 aliphatic heterocycles. The normalized spacial score (nSPS) is 13.4. The fourth-order valence-electron chi connectivity index (χ4n) is 3.08. The molecule has 29 heavy (non-hydrogen) atoms. The van der Waals surface area contributed by atoms with Crippen LogP contribution in [0, 0.1) is 0 Å². The molecule has 0 atom stereocenters. The topological polar surface area (TPSA) is 76.7 Å². The molecule has 0 spiro atoms. The van der Waals surface area contributed by atoms with Gasteiger partial charge in [0.1, 0.15) is 10.8 Å². The van der Waals surface area contributed by atoms with Crippen molar-refractivity contribution in [3.63, 3.8) is 0 Å². The summed E-state index contributed by atoms with van der Waals surface area (Å²) >= 11 is 1.35. The first kappa shape index (κ1) is 21.0. The maximum absolute atomic E-state index is 12.4. The van der Waals surface area contributed by atoms with Gasteiger partial charge in [-0.15, -0.1) is 24.5 Å². The lowest BCUT2D eigenvalue weighted by Crippen LogP contribution is -2.21. The third-order valence-electron chi connectivity index (χ3n) is 4.22. The molecule has 2 N–H and O–H groups in total. The van der Waals surface area contributed by atoms with E-state index in [0.29, 0.717) is 10.6 Å². The highest BCUT2D eigenvalue weighted by Gasteiger charge is 2.31. The van der Waals surface area contributed by atoms with E-state index in [9.17, 15) is 22.8 Å². The zero-order chi connectivity index (χ0) is 21.0. The van der Waals surface area contributed by atoms with Crippen LogP contribution in [0.5, 0.6) is 5.75 Å². The van der Waals surface area contributed by atoms with Crippen LogP contribution in [-0.4, -0.2) is 25.0 Å². The van der Waals surface area contributed by atoms with Crippen molar-refractivity contribution in [3.05, 3.63) is 40.3 Å². The first-order chi connectivity index (χ1) is 13.8. The number of carbonyl (C=O) groups excluding carboxylic acids is 2. The van der Waals surface area contributed by atoms with Gasteiger partial charge in [-0.3, -0.25) is 5.32 Å². The number of urea groups is 1. The first-order valence-electron chi connectivity index (χ1n) is 9.02. The number of hydrogen-bond donors (Lipinski definition) is 2. The number of esters is 1. The second-order valence-corrected chi connectivity index (χ2v) is 7.39. The molecule has 1 heterocycles. The Hall–Kier alpha value is -2.75. The molecule has 0 fully saturated rings. The van der Waals surface area contributed by atoms with Crippen molar-refractivity contribution >= 4 is 34.0 Å². The first-order valence-corrected chi connectivity index (χ1v) is 9.84. The molecule has 0 radical (unpaired) electrons. The summed E-state index contributed by atoms with van der Waals surface area (Å²) in [5, 5.41) is 5.60. The van der Waals surface area contributed by atoms with Gasteiger partial charge >= 0.3 is 18.4 Å². The van der Waals surface area contributed by atoms with E-state index in [1.807, 2.05) is 0 Å². The lowest BCUT2D eigenvalue weighted by Gasteiger charge is -2.12. The summed E-state index contributed by atoms with van der Waals surface area (Å²) in [6.07, 6.45) is -1.20. The fraction of sp³-hybridized carbons (Fsp3) is 0.368. The van der Waals surface area contributed by atoms with Crippen LogP contribution in [0.3, 0.4) is 0 Å². The van der Waals surface area contributed by atoms with Gasteiger partial charge in [-0.2, -0.15) is 0 Å². The Kier molecular flexibility index (Phi) is 6.31. The standard InChI is InChI=1S/C19H19F3N2O4S/c1-2-27-17(25)15-13-5-3-4-6-14(13)29-16(15)24-18(26)23-11-7-9-12(10-8-11)28-19(20,21)22/h7-10H,2-6H2,1H3,(H2,23,24,26). The highest BCUT2D eigenvalue weighted by atomic mass is 32.1. The van der Waals surface area contributed by atoms with Gasteiger partial charge in [-0.05, 0) is 62.4 Å². The van der Waals surface area contributed by atoms with Gasteiger partial charge in [-0.25, -0.2) is 9.59 Å².